The van der Waals surface area contributed by atoms with Crippen LogP contribution in [0.3, 0.4) is 0 Å². The Balaban J connectivity index is 2.05. The van der Waals surface area contributed by atoms with E-state index in [0.717, 1.165) is 24.8 Å². The number of hydrogen-bond acceptors (Lipinski definition) is 2. The van der Waals surface area contributed by atoms with E-state index in [1.54, 1.807) is 0 Å². The minimum Gasteiger partial charge on any atom is -0.393 e. The van der Waals surface area contributed by atoms with E-state index in [2.05, 4.69) is 34.3 Å². The van der Waals surface area contributed by atoms with Crippen molar-refractivity contribution in [2.45, 2.75) is 59.5 Å². The molecule has 6 atom stereocenters. The van der Waals surface area contributed by atoms with Crippen molar-refractivity contribution in [3.05, 3.63) is 24.3 Å². The molecule has 0 heterocycles. The molecule has 0 radical (unpaired) electrons. The lowest BCUT2D eigenvalue weighted by molar-refractivity contribution is -0.158. The van der Waals surface area contributed by atoms with E-state index < -0.39 is 0 Å². The first kappa shape index (κ1) is 16.0. The van der Waals surface area contributed by atoms with Gasteiger partial charge in [-0.2, -0.15) is 0 Å². The molecule has 0 aromatic heterocycles. The van der Waals surface area contributed by atoms with Crippen LogP contribution in [-0.2, 0) is 4.79 Å². The molecule has 0 spiro atoms. The van der Waals surface area contributed by atoms with Crippen LogP contribution in [0.4, 0.5) is 0 Å². The van der Waals surface area contributed by atoms with Gasteiger partial charge in [-0.3, -0.25) is 4.79 Å². The summed E-state index contributed by atoms with van der Waals surface area (Å²) in [6.45, 7) is 13.0. The Kier molecular flexibility index (Phi) is 3.67. The van der Waals surface area contributed by atoms with Gasteiger partial charge >= 0.3 is 0 Å². The Hall–Kier alpha value is -0.890. The molecule has 0 aromatic carbocycles. The first-order valence-electron chi connectivity index (χ1n) is 8.76. The van der Waals surface area contributed by atoms with Gasteiger partial charge in [0.05, 0.1) is 6.10 Å². The maximum atomic E-state index is 12.9. The zero-order valence-electron chi connectivity index (χ0n) is 14.4. The minimum atomic E-state index is -0.275. The van der Waals surface area contributed by atoms with Crippen molar-refractivity contribution in [1.82, 2.24) is 0 Å². The molecule has 122 valence electrons. The van der Waals surface area contributed by atoms with Crippen molar-refractivity contribution in [3.8, 4) is 0 Å². The molecule has 2 fully saturated rings. The first-order chi connectivity index (χ1) is 10.2. The molecule has 0 amide bonds. The van der Waals surface area contributed by atoms with Gasteiger partial charge in [-0.05, 0) is 65.9 Å². The van der Waals surface area contributed by atoms with Gasteiger partial charge in [-0.25, -0.2) is 0 Å². The second kappa shape index (κ2) is 5.06. The highest BCUT2D eigenvalue weighted by Crippen LogP contribution is 2.63. The van der Waals surface area contributed by atoms with Crippen LogP contribution in [-0.4, -0.2) is 17.0 Å². The molecule has 2 heteroatoms. The van der Waals surface area contributed by atoms with Crippen LogP contribution in [0.2, 0.25) is 0 Å². The molecule has 0 bridgehead atoms. The largest absolute Gasteiger partial charge is 0.393 e. The fourth-order valence-electron chi connectivity index (χ4n) is 6.40. The Morgan fingerprint density at radius 1 is 1.27 bits per heavy atom. The summed E-state index contributed by atoms with van der Waals surface area (Å²) in [6, 6.07) is 0. The molecule has 0 aromatic rings. The second-order valence-electron chi connectivity index (χ2n) is 8.87. The molecule has 0 saturated heterocycles. The van der Waals surface area contributed by atoms with Gasteiger partial charge < -0.3 is 5.11 Å². The Morgan fingerprint density at radius 3 is 2.59 bits per heavy atom. The van der Waals surface area contributed by atoms with Crippen LogP contribution in [0.25, 0.3) is 0 Å². The third kappa shape index (κ3) is 2.14. The quantitative estimate of drug-likeness (QED) is 0.790. The topological polar surface area (TPSA) is 37.3 Å². The number of ketones is 1. The summed E-state index contributed by atoms with van der Waals surface area (Å²) in [5, 5.41) is 10.4. The number of hydrogen-bond donors (Lipinski definition) is 1. The molecule has 2 nitrogen and oxygen atoms in total. The van der Waals surface area contributed by atoms with E-state index in [1.807, 2.05) is 12.2 Å². The molecular weight excluding hydrogens is 272 g/mol. The van der Waals surface area contributed by atoms with E-state index in [1.165, 1.54) is 6.42 Å². The second-order valence-corrected chi connectivity index (χ2v) is 8.87. The lowest BCUT2D eigenvalue weighted by Gasteiger charge is -2.61. The summed E-state index contributed by atoms with van der Waals surface area (Å²) in [5.41, 5.74) is 1.14. The molecule has 3 rings (SSSR count). The highest BCUT2D eigenvalue weighted by atomic mass is 16.3. The van der Waals surface area contributed by atoms with Crippen LogP contribution >= 0.6 is 0 Å². The highest BCUT2D eigenvalue weighted by molar-refractivity contribution is 5.95. The van der Waals surface area contributed by atoms with Gasteiger partial charge in [0.1, 0.15) is 0 Å². The van der Waals surface area contributed by atoms with Crippen LogP contribution in [0.15, 0.2) is 24.3 Å². The van der Waals surface area contributed by atoms with Gasteiger partial charge in [0.15, 0.2) is 5.78 Å². The van der Waals surface area contributed by atoms with Crippen molar-refractivity contribution in [2.24, 2.45) is 34.5 Å². The van der Waals surface area contributed by atoms with Gasteiger partial charge in [0.2, 0.25) is 0 Å². The van der Waals surface area contributed by atoms with E-state index >= 15 is 0 Å². The van der Waals surface area contributed by atoms with Gasteiger partial charge in [0.25, 0.3) is 0 Å². The molecule has 0 aliphatic heterocycles. The van der Waals surface area contributed by atoms with Crippen LogP contribution in [0.1, 0.15) is 53.4 Å². The third-order valence-corrected chi connectivity index (χ3v) is 7.12. The van der Waals surface area contributed by atoms with E-state index in [9.17, 15) is 9.90 Å². The van der Waals surface area contributed by atoms with Crippen molar-refractivity contribution < 1.29 is 9.90 Å². The van der Waals surface area contributed by atoms with Crippen molar-refractivity contribution in [1.29, 1.82) is 0 Å². The zero-order valence-corrected chi connectivity index (χ0v) is 14.4. The standard InChI is InChI=1S/C20H30O2/c1-6-13-9-16(22)18-15(12(13)2)7-8-17-19(3,4)10-14(21)11-20(17,18)5/h6,9,12,14-15,17-18,21H,1,7-8,10-11H2,2-5H3/t12-,14-,15-,17-,18+,20-/m0/s1. The highest BCUT2D eigenvalue weighted by Gasteiger charge is 2.59. The maximum Gasteiger partial charge on any atom is 0.159 e. The normalized spacial score (nSPS) is 47.2. The number of carbonyl (C=O) groups is 1. The van der Waals surface area contributed by atoms with E-state index in [-0.39, 0.29) is 28.6 Å². The summed E-state index contributed by atoms with van der Waals surface area (Å²) < 4.78 is 0. The lowest BCUT2D eigenvalue weighted by Crippen LogP contribution is -2.58. The molecular formula is C20H30O2. The molecule has 2 saturated carbocycles. The van der Waals surface area contributed by atoms with Crippen LogP contribution < -0.4 is 0 Å². The third-order valence-electron chi connectivity index (χ3n) is 7.12. The molecule has 1 N–H and O–H groups in total. The Labute approximate surface area is 134 Å². The molecule has 22 heavy (non-hydrogen) atoms. The van der Waals surface area contributed by atoms with Crippen LogP contribution in [0.5, 0.6) is 0 Å². The predicted octanol–water partition coefficient (Wildman–Crippen LogP) is 4.15. The maximum absolute atomic E-state index is 12.9. The number of rotatable bonds is 1. The van der Waals surface area contributed by atoms with Crippen molar-refractivity contribution >= 4 is 5.78 Å². The first-order valence-corrected chi connectivity index (χ1v) is 8.76. The van der Waals surface area contributed by atoms with Crippen LogP contribution in [0, 0.1) is 34.5 Å². The number of fused-ring (bicyclic) bond motifs is 3. The van der Waals surface area contributed by atoms with Gasteiger partial charge in [0, 0.05) is 5.92 Å². The van der Waals surface area contributed by atoms with Crippen molar-refractivity contribution in [2.75, 3.05) is 0 Å². The monoisotopic (exact) mass is 302 g/mol. The molecule has 3 aliphatic rings. The smallest absolute Gasteiger partial charge is 0.159 e. The fourth-order valence-corrected chi connectivity index (χ4v) is 6.40. The minimum absolute atomic E-state index is 0.0687. The number of carbonyl (C=O) groups excluding carboxylic acids is 1. The van der Waals surface area contributed by atoms with Crippen molar-refractivity contribution in [3.63, 3.8) is 0 Å². The number of allylic oxidation sites excluding steroid dienone is 3. The summed E-state index contributed by atoms with van der Waals surface area (Å²) in [7, 11) is 0. The predicted molar refractivity (Wildman–Crippen MR) is 89.3 cm³/mol. The zero-order chi connectivity index (χ0) is 16.3. The summed E-state index contributed by atoms with van der Waals surface area (Å²) >= 11 is 0. The Morgan fingerprint density at radius 2 is 1.95 bits per heavy atom. The summed E-state index contributed by atoms with van der Waals surface area (Å²) in [5.74, 6) is 1.68. The average Bonchev–Trinajstić information content (AvgIpc) is 2.39. The number of aliphatic hydroxyl groups excluding tert-OH is 1. The fraction of sp³-hybridized carbons (Fsp3) is 0.750. The number of aliphatic hydroxyl groups is 1. The lowest BCUT2D eigenvalue weighted by atomic mass is 9.43. The summed E-state index contributed by atoms with van der Waals surface area (Å²) in [6.07, 6.45) is 7.36. The molecule has 3 aliphatic carbocycles. The Bertz CT molecular complexity index is 530. The summed E-state index contributed by atoms with van der Waals surface area (Å²) in [4.78, 5) is 12.9. The van der Waals surface area contributed by atoms with E-state index in [4.69, 9.17) is 0 Å². The molecule has 0 unspecified atom stereocenters. The van der Waals surface area contributed by atoms with Gasteiger partial charge in [-0.1, -0.05) is 40.3 Å². The average molecular weight is 302 g/mol. The SMILES string of the molecule is C=CC1=CC(=O)[C@H]2[C@@H](CC[C@H]3C(C)(C)C[C@H](O)C[C@]23C)[C@H]1C. The van der Waals surface area contributed by atoms with Gasteiger partial charge in [-0.15, -0.1) is 0 Å². The van der Waals surface area contributed by atoms with E-state index in [0.29, 0.717) is 17.8 Å².